The molecule has 0 amide bonds. The molecule has 0 N–H and O–H groups in total. The molecule has 7 aromatic carbocycles. The Morgan fingerprint density at radius 3 is 0.620 bits per heavy atom. The SMILES string of the molecule is Cc1c(C)c(C)[c-](C)c1C.[Cl][Ru+].c1ccc(P(c2ccccc2)c2ccccc2)cc1.c1ccc(P(c2ccccc2)c2ccccc2)cc1. The van der Waals surface area contributed by atoms with Crippen molar-refractivity contribution in [3.63, 3.8) is 0 Å². The summed E-state index contributed by atoms with van der Waals surface area (Å²) in [5.74, 6) is 0. The van der Waals surface area contributed by atoms with Gasteiger partial charge in [0.05, 0.1) is 0 Å². The molecule has 0 nitrogen and oxygen atoms in total. The summed E-state index contributed by atoms with van der Waals surface area (Å²) in [6, 6.07) is 64.7. The predicted molar refractivity (Wildman–Crippen MR) is 222 cm³/mol. The molecule has 0 unspecified atom stereocenters. The van der Waals surface area contributed by atoms with E-state index in [-0.39, 0.29) is 0 Å². The van der Waals surface area contributed by atoms with Crippen LogP contribution in [0.15, 0.2) is 182 Å². The molecule has 0 aliphatic carbocycles. The van der Waals surface area contributed by atoms with Gasteiger partial charge in [0.25, 0.3) is 0 Å². The monoisotopic (exact) mass is 796 g/mol. The molecule has 254 valence electrons. The molecule has 0 aromatic heterocycles. The third-order valence-electron chi connectivity index (χ3n) is 8.90. The van der Waals surface area contributed by atoms with Crippen LogP contribution in [0.1, 0.15) is 27.8 Å². The Hall–Kier alpha value is -3.56. The summed E-state index contributed by atoms with van der Waals surface area (Å²) in [5.41, 5.74) is 7.34. The first kappa shape index (κ1) is 39.2. The van der Waals surface area contributed by atoms with Crippen molar-refractivity contribution in [3.8, 4) is 0 Å². The average Bonchev–Trinajstić information content (AvgIpc) is 3.36. The molecule has 0 radical (unpaired) electrons. The predicted octanol–water partition coefficient (Wildman–Crippen LogP) is 10.5. The number of benzene rings is 6. The first-order valence-corrected chi connectivity index (χ1v) is 21.6. The van der Waals surface area contributed by atoms with Crippen molar-refractivity contribution in [1.82, 2.24) is 0 Å². The molecular weight excluding hydrogens is 751 g/mol. The Labute approximate surface area is 317 Å². The minimum atomic E-state index is -0.446. The van der Waals surface area contributed by atoms with E-state index in [1.165, 1.54) is 59.6 Å². The van der Waals surface area contributed by atoms with Crippen molar-refractivity contribution in [2.24, 2.45) is 0 Å². The molecular formula is C46H45ClP2Ru. The third kappa shape index (κ3) is 10.7. The third-order valence-corrected chi connectivity index (χ3v) is 13.8. The quantitative estimate of drug-likeness (QED) is 0.0894. The Morgan fingerprint density at radius 1 is 0.340 bits per heavy atom. The topological polar surface area (TPSA) is 0 Å². The second-order valence-corrected chi connectivity index (χ2v) is 16.2. The number of rotatable bonds is 6. The maximum Gasteiger partial charge on any atom is -0.0134 e. The Balaban J connectivity index is 0.000000172. The largest absolute Gasteiger partial charge is 0.0622 e. The van der Waals surface area contributed by atoms with E-state index < -0.39 is 15.8 Å². The van der Waals surface area contributed by atoms with Gasteiger partial charge in [0, 0.05) is 0 Å². The van der Waals surface area contributed by atoms with Gasteiger partial charge in [-0.15, -0.1) is 0 Å². The van der Waals surface area contributed by atoms with E-state index in [1.807, 2.05) is 17.3 Å². The molecule has 0 atom stereocenters. The van der Waals surface area contributed by atoms with Gasteiger partial charge in [-0.25, -0.2) is 0 Å². The smallest absolute Gasteiger partial charge is 0.0134 e. The van der Waals surface area contributed by atoms with Gasteiger partial charge in [-0.2, -0.15) is 27.8 Å². The van der Waals surface area contributed by atoms with Crippen LogP contribution in [0.3, 0.4) is 0 Å². The first-order chi connectivity index (χ1) is 24.5. The van der Waals surface area contributed by atoms with Crippen molar-refractivity contribution in [2.75, 3.05) is 0 Å². The summed E-state index contributed by atoms with van der Waals surface area (Å²) >= 11 is 1.82. The zero-order chi connectivity index (χ0) is 35.7. The van der Waals surface area contributed by atoms with Crippen LogP contribution in [0.4, 0.5) is 0 Å². The van der Waals surface area contributed by atoms with E-state index in [0.717, 1.165) is 0 Å². The van der Waals surface area contributed by atoms with E-state index in [1.54, 1.807) is 0 Å². The molecule has 0 aliphatic rings. The summed E-state index contributed by atoms with van der Waals surface area (Å²) in [6.07, 6.45) is 0. The molecule has 0 heterocycles. The normalized spacial score (nSPS) is 10.3. The zero-order valence-corrected chi connectivity index (χ0v) is 33.7. The van der Waals surface area contributed by atoms with Crippen LogP contribution in [0.5, 0.6) is 0 Å². The van der Waals surface area contributed by atoms with E-state index in [0.29, 0.717) is 0 Å². The molecule has 0 fully saturated rings. The van der Waals surface area contributed by atoms with Gasteiger partial charge in [-0.1, -0.05) is 217 Å². The summed E-state index contributed by atoms with van der Waals surface area (Å²) in [7, 11) is 3.68. The summed E-state index contributed by atoms with van der Waals surface area (Å²) in [6.45, 7) is 11.0. The Kier molecular flexibility index (Phi) is 16.4. The molecule has 0 aliphatic heterocycles. The molecule has 0 saturated carbocycles. The van der Waals surface area contributed by atoms with Crippen LogP contribution >= 0.6 is 25.5 Å². The fraction of sp³-hybridized carbons (Fsp3) is 0.109. The summed E-state index contributed by atoms with van der Waals surface area (Å²) < 4.78 is 0. The number of halogens is 1. The Bertz CT molecular complexity index is 1560. The fourth-order valence-corrected chi connectivity index (χ4v) is 10.4. The molecule has 4 heteroatoms. The zero-order valence-electron chi connectivity index (χ0n) is 29.4. The molecule has 7 aromatic rings. The van der Waals surface area contributed by atoms with Crippen LogP contribution in [0.2, 0.25) is 0 Å². The van der Waals surface area contributed by atoms with E-state index in [2.05, 4.69) is 226 Å². The minimum absolute atomic E-state index is 0.446. The van der Waals surface area contributed by atoms with Gasteiger partial charge in [0.15, 0.2) is 0 Å². The molecule has 0 bridgehead atoms. The van der Waals surface area contributed by atoms with Crippen LogP contribution in [0, 0.1) is 34.6 Å². The summed E-state index contributed by atoms with van der Waals surface area (Å²) in [5, 5.41) is 8.39. The maximum absolute atomic E-state index is 4.57. The van der Waals surface area contributed by atoms with Crippen LogP contribution in [-0.2, 0) is 17.3 Å². The number of hydrogen-bond acceptors (Lipinski definition) is 0. The standard InChI is InChI=1S/2C18H15P.C10H15.ClH.Ru/c2*1-4-10-16(11-5-1)19(17-12-6-2-7-13-17)18-14-8-3-9-15-18;1-6-7(2)9(4)10(5)8(6)3;;/h2*1-15H;1-5H3;1H;/q;;-1;;+2/p-1. The first-order valence-electron chi connectivity index (χ1n) is 16.7. The van der Waals surface area contributed by atoms with Gasteiger partial charge in [-0.05, 0) is 47.7 Å². The van der Waals surface area contributed by atoms with Gasteiger partial charge < -0.3 is 0 Å². The van der Waals surface area contributed by atoms with Crippen molar-refractivity contribution >= 4 is 57.4 Å². The van der Waals surface area contributed by atoms with E-state index in [9.17, 15) is 0 Å². The average molecular weight is 796 g/mol. The fourth-order valence-electron chi connectivity index (χ4n) is 5.76. The molecule has 0 saturated heterocycles. The van der Waals surface area contributed by atoms with Crippen LogP contribution in [-0.4, -0.2) is 0 Å². The summed E-state index contributed by atoms with van der Waals surface area (Å²) in [4.78, 5) is 0. The minimum Gasteiger partial charge on any atom is -0.0622 e. The molecule has 7 rings (SSSR count). The van der Waals surface area contributed by atoms with Gasteiger partial charge in [0.1, 0.15) is 0 Å². The second kappa shape index (κ2) is 21.0. The van der Waals surface area contributed by atoms with Crippen molar-refractivity contribution in [2.45, 2.75) is 34.6 Å². The maximum atomic E-state index is 4.57. The van der Waals surface area contributed by atoms with Gasteiger partial charge in [-0.3, -0.25) is 0 Å². The molecule has 0 spiro atoms. The van der Waals surface area contributed by atoms with Crippen molar-refractivity contribution in [3.05, 3.63) is 210 Å². The van der Waals surface area contributed by atoms with Crippen molar-refractivity contribution in [1.29, 1.82) is 0 Å². The molecule has 50 heavy (non-hydrogen) atoms. The van der Waals surface area contributed by atoms with Crippen LogP contribution < -0.4 is 31.8 Å². The second-order valence-electron chi connectivity index (χ2n) is 11.8. The Morgan fingerprint density at radius 2 is 0.500 bits per heavy atom. The van der Waals surface area contributed by atoms with E-state index in [4.69, 9.17) is 0 Å². The van der Waals surface area contributed by atoms with Gasteiger partial charge >= 0.3 is 27.0 Å². The van der Waals surface area contributed by atoms with Crippen molar-refractivity contribution < 1.29 is 17.3 Å². The number of hydrogen-bond donors (Lipinski definition) is 0. The van der Waals surface area contributed by atoms with Crippen LogP contribution in [0.25, 0.3) is 0 Å². The van der Waals surface area contributed by atoms with Gasteiger partial charge in [0.2, 0.25) is 0 Å². The van der Waals surface area contributed by atoms with E-state index >= 15 is 0 Å².